The number of aliphatic hydroxyl groups is 1. The highest BCUT2D eigenvalue weighted by molar-refractivity contribution is 5.42. The Bertz CT molecular complexity index is 408. The highest BCUT2D eigenvalue weighted by Gasteiger charge is 2.19. The smallest absolute Gasteiger partial charge is 0.161 e. The molecule has 0 bridgehead atoms. The fraction of sp³-hybridized carbons (Fsp3) is 0.600. The lowest BCUT2D eigenvalue weighted by Crippen LogP contribution is -2.36. The van der Waals surface area contributed by atoms with Gasteiger partial charge >= 0.3 is 0 Å². The fourth-order valence-electron chi connectivity index (χ4n) is 2.68. The Labute approximate surface area is 114 Å². The second-order valence-electron chi connectivity index (χ2n) is 5.12. The average molecular weight is 265 g/mol. The van der Waals surface area contributed by atoms with Gasteiger partial charge in [-0.2, -0.15) is 0 Å². The molecule has 0 aromatic heterocycles. The standard InChI is InChI=1S/C15H23NO3/c1-18-14-6-5-12(8-15(14)19-2)9-16-7-3-4-13(10-16)11-17/h5-6,8,13,17H,3-4,7,9-11H2,1-2H3. The number of nitrogens with zero attached hydrogens (tertiary/aromatic N) is 1. The van der Waals surface area contributed by atoms with Crippen LogP contribution in [0.4, 0.5) is 0 Å². The van der Waals surface area contributed by atoms with E-state index in [1.165, 1.54) is 12.0 Å². The van der Waals surface area contributed by atoms with Gasteiger partial charge in [0.2, 0.25) is 0 Å². The quantitative estimate of drug-likeness (QED) is 0.883. The first-order valence-corrected chi connectivity index (χ1v) is 6.81. The van der Waals surface area contributed by atoms with E-state index in [0.29, 0.717) is 12.5 Å². The van der Waals surface area contributed by atoms with Crippen LogP contribution in [-0.2, 0) is 6.54 Å². The van der Waals surface area contributed by atoms with E-state index < -0.39 is 0 Å². The Hall–Kier alpha value is -1.26. The number of hydrogen-bond donors (Lipinski definition) is 1. The number of piperidine rings is 1. The fourth-order valence-corrected chi connectivity index (χ4v) is 2.68. The van der Waals surface area contributed by atoms with Crippen LogP contribution in [0.15, 0.2) is 18.2 Å². The van der Waals surface area contributed by atoms with E-state index in [4.69, 9.17) is 9.47 Å². The molecular weight excluding hydrogens is 242 g/mol. The van der Waals surface area contributed by atoms with Crippen molar-refractivity contribution in [3.05, 3.63) is 23.8 Å². The van der Waals surface area contributed by atoms with Gasteiger partial charge in [0.1, 0.15) is 0 Å². The third kappa shape index (κ3) is 3.61. The minimum absolute atomic E-state index is 0.294. The normalized spacial score (nSPS) is 20.3. The van der Waals surface area contributed by atoms with Crippen molar-refractivity contribution in [1.82, 2.24) is 4.90 Å². The van der Waals surface area contributed by atoms with E-state index in [2.05, 4.69) is 11.0 Å². The van der Waals surface area contributed by atoms with E-state index in [-0.39, 0.29) is 0 Å². The molecule has 4 nitrogen and oxygen atoms in total. The number of rotatable bonds is 5. The predicted octanol–water partition coefficient (Wildman–Crippen LogP) is 1.91. The first-order chi connectivity index (χ1) is 9.26. The lowest BCUT2D eigenvalue weighted by Gasteiger charge is -2.31. The van der Waals surface area contributed by atoms with Gasteiger partial charge in [-0.15, -0.1) is 0 Å². The van der Waals surface area contributed by atoms with Gasteiger partial charge in [0.15, 0.2) is 11.5 Å². The summed E-state index contributed by atoms with van der Waals surface area (Å²) in [5.41, 5.74) is 1.22. The largest absolute Gasteiger partial charge is 0.493 e. The molecule has 1 atom stereocenters. The number of benzene rings is 1. The molecular formula is C15H23NO3. The van der Waals surface area contributed by atoms with E-state index >= 15 is 0 Å². The monoisotopic (exact) mass is 265 g/mol. The molecule has 0 amide bonds. The van der Waals surface area contributed by atoms with Crippen LogP contribution < -0.4 is 9.47 Å². The Morgan fingerprint density at radius 2 is 2.05 bits per heavy atom. The summed E-state index contributed by atoms with van der Waals surface area (Å²) in [5, 5.41) is 9.26. The summed E-state index contributed by atoms with van der Waals surface area (Å²) in [4.78, 5) is 2.39. The maximum Gasteiger partial charge on any atom is 0.161 e. The van der Waals surface area contributed by atoms with Gasteiger partial charge in [-0.25, -0.2) is 0 Å². The number of ether oxygens (including phenoxy) is 2. The third-order valence-corrected chi connectivity index (χ3v) is 3.72. The molecule has 0 saturated carbocycles. The zero-order chi connectivity index (χ0) is 13.7. The molecule has 0 spiro atoms. The molecule has 4 heteroatoms. The molecule has 1 aliphatic rings. The van der Waals surface area contributed by atoms with Crippen LogP contribution in [0.1, 0.15) is 18.4 Å². The van der Waals surface area contributed by atoms with Crippen LogP contribution in [-0.4, -0.2) is 43.9 Å². The lowest BCUT2D eigenvalue weighted by atomic mass is 9.98. The van der Waals surface area contributed by atoms with Gasteiger partial charge in [0.05, 0.1) is 14.2 Å². The van der Waals surface area contributed by atoms with Gasteiger partial charge in [-0.1, -0.05) is 6.07 Å². The Morgan fingerprint density at radius 1 is 1.26 bits per heavy atom. The van der Waals surface area contributed by atoms with E-state index in [0.717, 1.165) is 37.6 Å². The van der Waals surface area contributed by atoms with Crippen LogP contribution in [0.2, 0.25) is 0 Å². The third-order valence-electron chi connectivity index (χ3n) is 3.72. The number of methoxy groups -OCH3 is 2. The van der Waals surface area contributed by atoms with E-state index in [9.17, 15) is 5.11 Å². The van der Waals surface area contributed by atoms with Crippen molar-refractivity contribution in [2.45, 2.75) is 19.4 Å². The average Bonchev–Trinajstić information content (AvgIpc) is 2.47. The molecule has 1 aromatic carbocycles. The lowest BCUT2D eigenvalue weighted by molar-refractivity contribution is 0.116. The second-order valence-corrected chi connectivity index (χ2v) is 5.12. The van der Waals surface area contributed by atoms with Gasteiger partial charge < -0.3 is 14.6 Å². The second kappa shape index (κ2) is 6.78. The SMILES string of the molecule is COc1ccc(CN2CCCC(CO)C2)cc1OC. The summed E-state index contributed by atoms with van der Waals surface area (Å²) in [6.07, 6.45) is 2.30. The molecule has 106 valence electrons. The van der Waals surface area contributed by atoms with Gasteiger partial charge in [-0.3, -0.25) is 4.90 Å². The van der Waals surface area contributed by atoms with Crippen LogP contribution >= 0.6 is 0 Å². The van der Waals surface area contributed by atoms with Crippen LogP contribution in [0, 0.1) is 5.92 Å². The van der Waals surface area contributed by atoms with Gasteiger partial charge in [0, 0.05) is 19.7 Å². The molecule has 0 aliphatic carbocycles. The number of likely N-dealkylation sites (tertiary alicyclic amines) is 1. The van der Waals surface area contributed by atoms with E-state index in [1.807, 2.05) is 12.1 Å². The van der Waals surface area contributed by atoms with Crippen molar-refractivity contribution in [3.63, 3.8) is 0 Å². The van der Waals surface area contributed by atoms with Crippen LogP contribution in [0.5, 0.6) is 11.5 Å². The highest BCUT2D eigenvalue weighted by atomic mass is 16.5. The minimum Gasteiger partial charge on any atom is -0.493 e. The first-order valence-electron chi connectivity index (χ1n) is 6.81. The molecule has 1 saturated heterocycles. The topological polar surface area (TPSA) is 41.9 Å². The summed E-state index contributed by atoms with van der Waals surface area (Å²) in [7, 11) is 3.30. The zero-order valence-corrected chi connectivity index (χ0v) is 11.8. The van der Waals surface area contributed by atoms with Gasteiger partial charge in [0.25, 0.3) is 0 Å². The van der Waals surface area contributed by atoms with Crippen LogP contribution in [0.3, 0.4) is 0 Å². The predicted molar refractivity (Wildman–Crippen MR) is 74.6 cm³/mol. The maximum absolute atomic E-state index is 9.26. The summed E-state index contributed by atoms with van der Waals surface area (Å²) < 4.78 is 10.6. The Morgan fingerprint density at radius 3 is 2.74 bits per heavy atom. The first kappa shape index (κ1) is 14.2. The number of hydrogen-bond acceptors (Lipinski definition) is 4. The molecule has 1 heterocycles. The molecule has 2 rings (SSSR count). The summed E-state index contributed by atoms with van der Waals surface area (Å²) >= 11 is 0. The van der Waals surface area contributed by atoms with Crippen molar-refractivity contribution in [2.75, 3.05) is 33.9 Å². The summed E-state index contributed by atoms with van der Waals surface area (Å²) in [6, 6.07) is 6.05. The number of aliphatic hydroxyl groups excluding tert-OH is 1. The Kier molecular flexibility index (Phi) is 5.05. The minimum atomic E-state index is 0.294. The summed E-state index contributed by atoms with van der Waals surface area (Å²) in [6.45, 7) is 3.27. The zero-order valence-electron chi connectivity index (χ0n) is 11.8. The highest BCUT2D eigenvalue weighted by Crippen LogP contribution is 2.28. The molecule has 1 fully saturated rings. The maximum atomic E-state index is 9.26. The summed E-state index contributed by atoms with van der Waals surface area (Å²) in [5.74, 6) is 1.96. The molecule has 0 radical (unpaired) electrons. The van der Waals surface area contributed by atoms with Crippen molar-refractivity contribution >= 4 is 0 Å². The molecule has 1 unspecified atom stereocenters. The molecule has 19 heavy (non-hydrogen) atoms. The van der Waals surface area contributed by atoms with Gasteiger partial charge in [-0.05, 0) is 43.0 Å². The van der Waals surface area contributed by atoms with Crippen molar-refractivity contribution < 1.29 is 14.6 Å². The molecule has 1 N–H and O–H groups in total. The van der Waals surface area contributed by atoms with Crippen LogP contribution in [0.25, 0.3) is 0 Å². The molecule has 1 aliphatic heterocycles. The molecule has 1 aromatic rings. The van der Waals surface area contributed by atoms with Crippen molar-refractivity contribution in [3.8, 4) is 11.5 Å². The van der Waals surface area contributed by atoms with Crippen molar-refractivity contribution in [1.29, 1.82) is 0 Å². The van der Waals surface area contributed by atoms with E-state index in [1.54, 1.807) is 14.2 Å². The van der Waals surface area contributed by atoms with Crippen molar-refractivity contribution in [2.24, 2.45) is 5.92 Å². The Balaban J connectivity index is 2.02.